The van der Waals surface area contributed by atoms with E-state index in [1.807, 2.05) is 37.3 Å². The minimum absolute atomic E-state index is 0.0454. The molecule has 20 heavy (non-hydrogen) atoms. The van der Waals surface area contributed by atoms with Crippen molar-refractivity contribution in [2.45, 2.75) is 20.1 Å². The summed E-state index contributed by atoms with van der Waals surface area (Å²) < 4.78 is 6.16. The molecule has 1 aromatic heterocycles. The fraction of sp³-hybridized carbons (Fsp3) is 0.267. The first kappa shape index (κ1) is 15.2. The number of rotatable bonds is 5. The van der Waals surface area contributed by atoms with Gasteiger partial charge in [-0.25, -0.2) is 0 Å². The summed E-state index contributed by atoms with van der Waals surface area (Å²) in [5.41, 5.74) is 3.26. The third-order valence-corrected chi connectivity index (χ3v) is 5.07. The maximum absolute atomic E-state index is 12.1. The molecule has 3 nitrogen and oxygen atoms in total. The van der Waals surface area contributed by atoms with Gasteiger partial charge in [0, 0.05) is 13.7 Å². The molecule has 5 heteroatoms. The van der Waals surface area contributed by atoms with Gasteiger partial charge < -0.3 is 10.1 Å². The van der Waals surface area contributed by atoms with Crippen LogP contribution in [0.1, 0.15) is 26.4 Å². The van der Waals surface area contributed by atoms with E-state index in [4.69, 9.17) is 4.74 Å². The molecule has 0 radical (unpaired) electrons. The summed E-state index contributed by atoms with van der Waals surface area (Å²) in [6.07, 6.45) is 0. The standard InChI is InChI=1S/C15H16BrNO2S/c1-10-7-13(20-14(10)16)15(18)17-8-11-5-3-4-6-12(11)9-19-2/h3-7H,8-9H2,1-2H3,(H,17,18). The van der Waals surface area contributed by atoms with E-state index in [0.717, 1.165) is 25.4 Å². The number of ether oxygens (including phenoxy) is 1. The number of amides is 1. The number of thiophene rings is 1. The van der Waals surface area contributed by atoms with E-state index in [0.29, 0.717) is 13.2 Å². The molecule has 0 bridgehead atoms. The second-order valence-corrected chi connectivity index (χ2v) is 6.82. The number of halogens is 1. The number of aryl methyl sites for hydroxylation is 1. The lowest BCUT2D eigenvalue weighted by molar-refractivity contribution is 0.0954. The first-order chi connectivity index (χ1) is 9.61. The van der Waals surface area contributed by atoms with Gasteiger partial charge in [-0.1, -0.05) is 24.3 Å². The first-order valence-corrected chi connectivity index (χ1v) is 7.82. The number of carbonyl (C=O) groups excluding carboxylic acids is 1. The van der Waals surface area contributed by atoms with Gasteiger partial charge in [0.05, 0.1) is 15.3 Å². The predicted molar refractivity (Wildman–Crippen MR) is 85.1 cm³/mol. The highest BCUT2D eigenvalue weighted by atomic mass is 79.9. The van der Waals surface area contributed by atoms with Crippen LogP contribution in [0.3, 0.4) is 0 Å². The van der Waals surface area contributed by atoms with Crippen LogP contribution >= 0.6 is 27.3 Å². The van der Waals surface area contributed by atoms with Crippen molar-refractivity contribution in [2.24, 2.45) is 0 Å². The van der Waals surface area contributed by atoms with Gasteiger partial charge in [0.1, 0.15) is 0 Å². The van der Waals surface area contributed by atoms with Crippen molar-refractivity contribution in [1.29, 1.82) is 0 Å². The van der Waals surface area contributed by atoms with Gasteiger partial charge >= 0.3 is 0 Å². The number of hydrogen-bond donors (Lipinski definition) is 1. The van der Waals surface area contributed by atoms with Crippen LogP contribution < -0.4 is 5.32 Å². The minimum atomic E-state index is -0.0454. The van der Waals surface area contributed by atoms with Gasteiger partial charge in [-0.15, -0.1) is 11.3 Å². The topological polar surface area (TPSA) is 38.3 Å². The van der Waals surface area contributed by atoms with Crippen molar-refractivity contribution in [2.75, 3.05) is 7.11 Å². The lowest BCUT2D eigenvalue weighted by Gasteiger charge is -2.09. The summed E-state index contributed by atoms with van der Waals surface area (Å²) in [4.78, 5) is 12.8. The van der Waals surface area contributed by atoms with Crippen LogP contribution in [0.15, 0.2) is 34.1 Å². The Balaban J connectivity index is 2.03. The van der Waals surface area contributed by atoms with Crippen LogP contribution in [0.4, 0.5) is 0 Å². The Morgan fingerprint density at radius 1 is 1.35 bits per heavy atom. The molecular weight excluding hydrogens is 338 g/mol. The van der Waals surface area contributed by atoms with E-state index < -0.39 is 0 Å². The summed E-state index contributed by atoms with van der Waals surface area (Å²) in [6.45, 7) is 3.04. The van der Waals surface area contributed by atoms with Gasteiger partial charge in [-0.3, -0.25) is 4.79 Å². The molecule has 1 aromatic carbocycles. The fourth-order valence-electron chi connectivity index (χ4n) is 1.86. The summed E-state index contributed by atoms with van der Waals surface area (Å²) >= 11 is 4.89. The van der Waals surface area contributed by atoms with Crippen molar-refractivity contribution in [3.8, 4) is 0 Å². The van der Waals surface area contributed by atoms with Crippen molar-refractivity contribution >= 4 is 33.2 Å². The zero-order chi connectivity index (χ0) is 14.5. The van der Waals surface area contributed by atoms with Gasteiger partial charge in [0.25, 0.3) is 5.91 Å². The maximum atomic E-state index is 12.1. The molecule has 2 rings (SSSR count). The zero-order valence-electron chi connectivity index (χ0n) is 11.4. The average Bonchev–Trinajstić information content (AvgIpc) is 2.78. The summed E-state index contributed by atoms with van der Waals surface area (Å²) in [5, 5.41) is 2.95. The smallest absolute Gasteiger partial charge is 0.261 e. The zero-order valence-corrected chi connectivity index (χ0v) is 13.8. The summed E-state index contributed by atoms with van der Waals surface area (Å²) in [7, 11) is 1.67. The van der Waals surface area contributed by atoms with E-state index in [1.165, 1.54) is 11.3 Å². The lowest BCUT2D eigenvalue weighted by Crippen LogP contribution is -2.22. The monoisotopic (exact) mass is 353 g/mol. The normalized spacial score (nSPS) is 10.6. The van der Waals surface area contributed by atoms with Gasteiger partial charge in [0.2, 0.25) is 0 Å². The predicted octanol–water partition coefficient (Wildman–Crippen LogP) is 3.90. The third kappa shape index (κ3) is 3.69. The molecule has 2 aromatic rings. The second kappa shape index (κ2) is 7.02. The highest BCUT2D eigenvalue weighted by Crippen LogP contribution is 2.27. The molecule has 0 aliphatic rings. The Labute approximate surface area is 131 Å². The van der Waals surface area contributed by atoms with Crippen molar-refractivity contribution < 1.29 is 9.53 Å². The number of methoxy groups -OCH3 is 1. The number of carbonyl (C=O) groups is 1. The number of hydrogen-bond acceptors (Lipinski definition) is 3. The van der Waals surface area contributed by atoms with Crippen LogP contribution in [0.25, 0.3) is 0 Å². The average molecular weight is 354 g/mol. The molecule has 0 aliphatic carbocycles. The molecule has 0 atom stereocenters. The quantitative estimate of drug-likeness (QED) is 0.885. The third-order valence-electron chi connectivity index (χ3n) is 2.94. The molecule has 1 N–H and O–H groups in total. The lowest BCUT2D eigenvalue weighted by atomic mass is 10.1. The van der Waals surface area contributed by atoms with Gasteiger partial charge in [0.15, 0.2) is 0 Å². The van der Waals surface area contributed by atoms with E-state index >= 15 is 0 Å². The Bertz CT molecular complexity index is 590. The first-order valence-electron chi connectivity index (χ1n) is 6.21. The molecular formula is C15H16BrNO2S. The molecule has 0 unspecified atom stereocenters. The SMILES string of the molecule is COCc1ccccc1CNC(=O)c1cc(C)c(Br)s1. The number of nitrogens with one attached hydrogen (secondary N) is 1. The maximum Gasteiger partial charge on any atom is 0.261 e. The molecule has 1 amide bonds. The van der Waals surface area contributed by atoms with E-state index in [-0.39, 0.29) is 5.91 Å². The largest absolute Gasteiger partial charge is 0.380 e. The molecule has 106 valence electrons. The Morgan fingerprint density at radius 2 is 2.05 bits per heavy atom. The van der Waals surface area contributed by atoms with Crippen LogP contribution in [-0.2, 0) is 17.9 Å². The van der Waals surface area contributed by atoms with Crippen molar-refractivity contribution in [1.82, 2.24) is 5.32 Å². The molecule has 0 saturated carbocycles. The van der Waals surface area contributed by atoms with Crippen molar-refractivity contribution in [3.63, 3.8) is 0 Å². The Hall–Kier alpha value is -1.17. The van der Waals surface area contributed by atoms with Crippen LogP contribution in [-0.4, -0.2) is 13.0 Å². The van der Waals surface area contributed by atoms with Crippen LogP contribution in [0.2, 0.25) is 0 Å². The van der Waals surface area contributed by atoms with Gasteiger partial charge in [-0.05, 0) is 45.6 Å². The molecule has 0 spiro atoms. The van der Waals surface area contributed by atoms with Gasteiger partial charge in [-0.2, -0.15) is 0 Å². The summed E-state index contributed by atoms with van der Waals surface area (Å²) in [6, 6.07) is 9.85. The highest BCUT2D eigenvalue weighted by molar-refractivity contribution is 9.11. The van der Waals surface area contributed by atoms with Crippen molar-refractivity contribution in [3.05, 3.63) is 55.7 Å². The number of benzene rings is 1. The molecule has 0 aliphatic heterocycles. The molecule has 0 saturated heterocycles. The fourth-order valence-corrected chi connectivity index (χ4v) is 3.31. The van der Waals surface area contributed by atoms with Crippen LogP contribution in [0.5, 0.6) is 0 Å². The van der Waals surface area contributed by atoms with E-state index in [1.54, 1.807) is 7.11 Å². The summed E-state index contributed by atoms with van der Waals surface area (Å²) in [5.74, 6) is -0.0454. The molecule has 0 fully saturated rings. The molecule has 1 heterocycles. The van der Waals surface area contributed by atoms with E-state index in [2.05, 4.69) is 21.2 Å². The Kier molecular flexibility index (Phi) is 5.34. The second-order valence-electron chi connectivity index (χ2n) is 4.45. The Morgan fingerprint density at radius 3 is 2.65 bits per heavy atom. The minimum Gasteiger partial charge on any atom is -0.380 e. The highest BCUT2D eigenvalue weighted by Gasteiger charge is 2.11. The van der Waals surface area contributed by atoms with Crippen LogP contribution in [0, 0.1) is 6.92 Å². The van der Waals surface area contributed by atoms with E-state index in [9.17, 15) is 4.79 Å².